The van der Waals surface area contributed by atoms with Gasteiger partial charge in [-0.2, -0.15) is 4.98 Å². The number of hydrogen-bond acceptors (Lipinski definition) is 7. The van der Waals surface area contributed by atoms with E-state index in [1.54, 1.807) is 11.1 Å². The average molecular weight is 544 g/mol. The van der Waals surface area contributed by atoms with E-state index in [4.69, 9.17) is 21.1 Å². The number of fused-ring (bicyclic) bond motifs is 2. The summed E-state index contributed by atoms with van der Waals surface area (Å²) >= 11 is 6.34. The molecule has 0 bridgehead atoms. The Hall–Kier alpha value is -3.40. The predicted molar refractivity (Wildman–Crippen MR) is 143 cm³/mol. The third-order valence-electron chi connectivity index (χ3n) is 6.76. The Bertz CT molecular complexity index is 1500. The highest BCUT2D eigenvalue weighted by molar-refractivity contribution is 6.32. The van der Waals surface area contributed by atoms with Crippen molar-refractivity contribution in [3.05, 3.63) is 50.9 Å². The van der Waals surface area contributed by atoms with Crippen LogP contribution in [-0.4, -0.2) is 63.4 Å². The van der Waals surface area contributed by atoms with Gasteiger partial charge in [0.2, 0.25) is 0 Å². The van der Waals surface area contributed by atoms with Gasteiger partial charge in [0.05, 0.1) is 33.3 Å². The third-order valence-corrected chi connectivity index (χ3v) is 7.04. The highest BCUT2D eigenvalue weighted by Gasteiger charge is 2.38. The first kappa shape index (κ1) is 26.2. The summed E-state index contributed by atoms with van der Waals surface area (Å²) in [4.78, 5) is 39.0. The van der Waals surface area contributed by atoms with Crippen LogP contribution in [0.2, 0.25) is 5.02 Å². The smallest absolute Gasteiger partial charge is 0.410 e. The van der Waals surface area contributed by atoms with Gasteiger partial charge in [0.25, 0.3) is 0 Å². The van der Waals surface area contributed by atoms with Gasteiger partial charge >= 0.3 is 11.8 Å². The molecule has 4 heterocycles. The molecule has 202 valence electrons. The number of anilines is 1. The maximum atomic E-state index is 15.4. The molecular weight excluding hydrogens is 513 g/mol. The molecule has 0 spiro atoms. The Morgan fingerprint density at radius 1 is 1.29 bits per heavy atom. The number of hydrogen-bond donors (Lipinski definition) is 0. The van der Waals surface area contributed by atoms with Crippen LogP contribution >= 0.6 is 11.6 Å². The van der Waals surface area contributed by atoms with Crippen LogP contribution in [0.3, 0.4) is 0 Å². The molecular formula is C27H31ClFN5O4. The summed E-state index contributed by atoms with van der Waals surface area (Å²) in [5.74, 6) is -0.456. The number of aryl methyl sites for hydroxylation is 1. The monoisotopic (exact) mass is 543 g/mol. The number of carbonyl (C=O) groups excluding carboxylic acids is 1. The van der Waals surface area contributed by atoms with E-state index in [2.05, 4.69) is 9.97 Å². The van der Waals surface area contributed by atoms with Crippen LogP contribution in [0.5, 0.6) is 5.75 Å². The minimum Gasteiger partial charge on any atom is -0.487 e. The Kier molecular flexibility index (Phi) is 6.49. The fraction of sp³-hybridized carbons (Fsp3) is 0.481. The van der Waals surface area contributed by atoms with Crippen molar-refractivity contribution >= 4 is 34.4 Å². The Morgan fingerprint density at radius 3 is 2.71 bits per heavy atom. The highest BCUT2D eigenvalue weighted by atomic mass is 35.5. The maximum Gasteiger partial charge on any atom is 0.410 e. The Labute approximate surface area is 225 Å². The van der Waals surface area contributed by atoms with Crippen LogP contribution in [0.1, 0.15) is 51.8 Å². The van der Waals surface area contributed by atoms with Crippen LogP contribution < -0.4 is 15.3 Å². The van der Waals surface area contributed by atoms with Crippen LogP contribution in [-0.2, 0) is 4.74 Å². The molecule has 1 saturated heterocycles. The molecule has 5 rings (SSSR count). The van der Waals surface area contributed by atoms with Gasteiger partial charge in [0, 0.05) is 25.8 Å². The number of rotatable bonds is 2. The Morgan fingerprint density at radius 2 is 2.03 bits per heavy atom. The van der Waals surface area contributed by atoms with Crippen LogP contribution in [0.4, 0.5) is 15.0 Å². The molecule has 0 aliphatic carbocycles. The number of amides is 1. The van der Waals surface area contributed by atoms with Crippen molar-refractivity contribution in [1.29, 1.82) is 0 Å². The summed E-state index contributed by atoms with van der Waals surface area (Å²) in [7, 11) is 0. The van der Waals surface area contributed by atoms with Gasteiger partial charge in [0.15, 0.2) is 11.6 Å². The molecule has 0 N–H and O–H groups in total. The number of pyridine rings is 1. The predicted octanol–water partition coefficient (Wildman–Crippen LogP) is 4.82. The van der Waals surface area contributed by atoms with E-state index in [1.807, 2.05) is 52.5 Å². The topological polar surface area (TPSA) is 89.8 Å². The first-order chi connectivity index (χ1) is 17.9. The van der Waals surface area contributed by atoms with E-state index in [0.717, 1.165) is 5.56 Å². The third kappa shape index (κ3) is 4.44. The van der Waals surface area contributed by atoms with Crippen molar-refractivity contribution in [2.24, 2.45) is 0 Å². The largest absolute Gasteiger partial charge is 0.487 e. The number of carbonyl (C=O) groups is 1. The zero-order valence-electron chi connectivity index (χ0n) is 22.3. The molecule has 2 aromatic heterocycles. The number of halogens is 2. The number of ether oxygens (including phenoxy) is 2. The number of nitrogens with zero attached hydrogens (tertiary/aromatic N) is 5. The summed E-state index contributed by atoms with van der Waals surface area (Å²) in [6, 6.07) is 2.89. The first-order valence-corrected chi connectivity index (χ1v) is 13.0. The average Bonchev–Trinajstić information content (AvgIpc) is 2.99. The first-order valence-electron chi connectivity index (χ1n) is 12.7. The molecule has 1 atom stereocenters. The quantitative estimate of drug-likeness (QED) is 0.457. The van der Waals surface area contributed by atoms with Crippen LogP contribution in [0.15, 0.2) is 23.1 Å². The highest BCUT2D eigenvalue weighted by Crippen LogP contribution is 2.42. The van der Waals surface area contributed by atoms with E-state index >= 15 is 4.39 Å². The zero-order valence-corrected chi connectivity index (χ0v) is 23.1. The van der Waals surface area contributed by atoms with Gasteiger partial charge in [-0.05, 0) is 51.3 Å². The van der Waals surface area contributed by atoms with Gasteiger partial charge in [0.1, 0.15) is 18.0 Å². The van der Waals surface area contributed by atoms with E-state index in [-0.39, 0.29) is 35.9 Å². The molecule has 1 fully saturated rings. The lowest BCUT2D eigenvalue weighted by Crippen LogP contribution is -2.57. The molecule has 3 aromatic rings. The molecule has 11 heteroatoms. The molecule has 1 aromatic carbocycles. The summed E-state index contributed by atoms with van der Waals surface area (Å²) in [5, 5.41) is 0.193. The second-order valence-corrected chi connectivity index (χ2v) is 11.5. The zero-order chi connectivity index (χ0) is 27.5. The van der Waals surface area contributed by atoms with Crippen molar-refractivity contribution in [3.8, 4) is 11.4 Å². The fourth-order valence-corrected chi connectivity index (χ4v) is 5.26. The molecule has 2 aliphatic rings. The van der Waals surface area contributed by atoms with Gasteiger partial charge in [-0.1, -0.05) is 25.4 Å². The molecule has 2 aliphatic heterocycles. The molecule has 38 heavy (non-hydrogen) atoms. The lowest BCUT2D eigenvalue weighted by atomic mass is 10.0. The van der Waals surface area contributed by atoms with Crippen molar-refractivity contribution in [2.45, 2.75) is 59.1 Å². The van der Waals surface area contributed by atoms with Gasteiger partial charge < -0.3 is 19.3 Å². The van der Waals surface area contributed by atoms with E-state index in [0.29, 0.717) is 41.2 Å². The van der Waals surface area contributed by atoms with E-state index in [1.165, 1.54) is 10.6 Å². The summed E-state index contributed by atoms with van der Waals surface area (Å²) in [6.07, 6.45) is 1.27. The lowest BCUT2D eigenvalue weighted by Gasteiger charge is -2.41. The molecule has 1 amide bonds. The van der Waals surface area contributed by atoms with Gasteiger partial charge in [-0.25, -0.2) is 14.0 Å². The molecule has 1 unspecified atom stereocenters. The van der Waals surface area contributed by atoms with Crippen molar-refractivity contribution < 1.29 is 18.7 Å². The van der Waals surface area contributed by atoms with Crippen molar-refractivity contribution in [3.63, 3.8) is 0 Å². The van der Waals surface area contributed by atoms with Crippen molar-refractivity contribution in [2.75, 3.05) is 31.1 Å². The van der Waals surface area contributed by atoms with E-state index < -0.39 is 23.2 Å². The number of piperazine rings is 1. The van der Waals surface area contributed by atoms with Crippen LogP contribution in [0.25, 0.3) is 16.6 Å². The second-order valence-electron chi connectivity index (χ2n) is 11.0. The van der Waals surface area contributed by atoms with Crippen LogP contribution in [0, 0.1) is 12.7 Å². The van der Waals surface area contributed by atoms with E-state index in [9.17, 15) is 9.59 Å². The van der Waals surface area contributed by atoms with Gasteiger partial charge in [-0.3, -0.25) is 9.55 Å². The summed E-state index contributed by atoms with van der Waals surface area (Å²) in [5.41, 5.74) is 1.34. The standard InChI is InChI=1S/C27H31ClFN5O4/c1-14(2)21-22(15(3)7-8-30-21)34-18-11-17(28)20(29)23-19(18)24(31-25(34)35)33-10-9-32(12-16(33)13-37-23)26(36)38-27(4,5)6/h7-8,11,14,16H,9-10,12-13H2,1-6H3. The maximum absolute atomic E-state index is 15.4. The number of aromatic nitrogens is 3. The Balaban J connectivity index is 1.69. The molecule has 0 radical (unpaired) electrons. The summed E-state index contributed by atoms with van der Waals surface area (Å²) in [6.45, 7) is 12.4. The molecule has 9 nitrogen and oxygen atoms in total. The fourth-order valence-electron chi connectivity index (χ4n) is 5.08. The summed E-state index contributed by atoms with van der Waals surface area (Å²) < 4.78 is 28.4. The van der Waals surface area contributed by atoms with Gasteiger partial charge in [-0.15, -0.1) is 0 Å². The molecule has 0 saturated carbocycles. The lowest BCUT2D eigenvalue weighted by molar-refractivity contribution is 0.0201. The minimum absolute atomic E-state index is 0.0131. The minimum atomic E-state index is -0.719. The normalized spacial score (nSPS) is 17.3. The number of benzene rings is 1. The van der Waals surface area contributed by atoms with Crippen molar-refractivity contribution in [1.82, 2.24) is 19.4 Å². The second kappa shape index (κ2) is 9.41. The SMILES string of the molecule is Cc1ccnc(C(C)C)c1-n1c(=O)nc2c3c(c(F)c(Cl)cc31)OCC1CN(C(=O)OC(C)(C)C)CCN21.